The summed E-state index contributed by atoms with van der Waals surface area (Å²) in [5.74, 6) is -0.521. The van der Waals surface area contributed by atoms with E-state index in [4.69, 9.17) is 4.74 Å². The summed E-state index contributed by atoms with van der Waals surface area (Å²) in [6.07, 6.45) is 2.72. The molecule has 1 heterocycles. The van der Waals surface area contributed by atoms with E-state index in [-0.39, 0.29) is 42.0 Å². The summed E-state index contributed by atoms with van der Waals surface area (Å²) in [5.41, 5.74) is 0.463. The van der Waals surface area contributed by atoms with Gasteiger partial charge >= 0.3 is 0 Å². The van der Waals surface area contributed by atoms with E-state index in [1.165, 1.54) is 24.3 Å². The molecule has 2 rings (SSSR count). The van der Waals surface area contributed by atoms with Gasteiger partial charge in [0.1, 0.15) is 5.82 Å². The lowest BCUT2D eigenvalue weighted by atomic mass is 9.93. The molecule has 1 amide bonds. The number of nitrogens with one attached hydrogen (secondary N) is 1. The second kappa shape index (κ2) is 8.20. The van der Waals surface area contributed by atoms with Gasteiger partial charge in [-0.2, -0.15) is 0 Å². The largest absolute Gasteiger partial charge is 0.378 e. The fourth-order valence-corrected chi connectivity index (χ4v) is 2.85. The molecule has 1 aromatic rings. The quantitative estimate of drug-likeness (QED) is 0.819. The summed E-state index contributed by atoms with van der Waals surface area (Å²) < 4.78 is 18.5. The lowest BCUT2D eigenvalue weighted by molar-refractivity contribution is -0.130. The number of rotatable bonds is 6. The summed E-state index contributed by atoms with van der Waals surface area (Å²) in [6.45, 7) is 4.48. The van der Waals surface area contributed by atoms with Gasteiger partial charge < -0.3 is 10.1 Å². The molecule has 23 heavy (non-hydrogen) atoms. The zero-order valence-corrected chi connectivity index (χ0v) is 13.7. The van der Waals surface area contributed by atoms with Crippen LogP contribution in [0.2, 0.25) is 0 Å². The molecule has 1 aliphatic rings. The monoisotopic (exact) mass is 321 g/mol. The minimum absolute atomic E-state index is 0.00819. The van der Waals surface area contributed by atoms with Gasteiger partial charge in [-0.05, 0) is 50.5 Å². The third-order valence-corrected chi connectivity index (χ3v) is 4.24. The zero-order chi connectivity index (χ0) is 16.8. The topological polar surface area (TPSA) is 55.4 Å². The Morgan fingerprint density at radius 2 is 2.04 bits per heavy atom. The Hall–Kier alpha value is -1.75. The molecule has 5 heteroatoms. The van der Waals surface area contributed by atoms with E-state index in [0.717, 1.165) is 19.3 Å². The van der Waals surface area contributed by atoms with E-state index in [2.05, 4.69) is 12.2 Å². The van der Waals surface area contributed by atoms with E-state index in [1.54, 1.807) is 0 Å². The second-order valence-corrected chi connectivity index (χ2v) is 6.17. The van der Waals surface area contributed by atoms with E-state index in [1.807, 2.05) is 6.92 Å². The fraction of sp³-hybridized carbons (Fsp3) is 0.556. The zero-order valence-electron chi connectivity index (χ0n) is 13.7. The lowest BCUT2D eigenvalue weighted by Gasteiger charge is -2.29. The molecule has 4 nitrogen and oxygen atoms in total. The van der Waals surface area contributed by atoms with Crippen molar-refractivity contribution < 1.29 is 18.7 Å². The number of hydrogen-bond acceptors (Lipinski definition) is 3. The standard InChI is InChI=1S/C18H24FNO3/c1-3-16-11-14(8-9-23-16)18(22)20-12(2)10-17(21)13-4-6-15(19)7-5-13/h4-7,12,14,16H,3,8-11H2,1-2H3,(H,20,22)/t12-,14-,16+/m0/s1. The Balaban J connectivity index is 1.83. The highest BCUT2D eigenvalue weighted by molar-refractivity contribution is 5.96. The Kier molecular flexibility index (Phi) is 6.28. The number of carbonyl (C=O) groups is 2. The summed E-state index contributed by atoms with van der Waals surface area (Å²) >= 11 is 0. The van der Waals surface area contributed by atoms with Crippen LogP contribution in [0.1, 0.15) is 49.9 Å². The van der Waals surface area contributed by atoms with Gasteiger partial charge in [0, 0.05) is 30.6 Å². The maximum atomic E-state index is 12.9. The van der Waals surface area contributed by atoms with Gasteiger partial charge in [-0.3, -0.25) is 9.59 Å². The highest BCUT2D eigenvalue weighted by Crippen LogP contribution is 2.22. The Labute approximate surface area is 136 Å². The molecule has 1 fully saturated rings. The van der Waals surface area contributed by atoms with Gasteiger partial charge in [0.2, 0.25) is 5.91 Å². The molecule has 1 N–H and O–H groups in total. The summed E-state index contributed by atoms with van der Waals surface area (Å²) in [5, 5.41) is 2.92. The number of amides is 1. The first-order valence-corrected chi connectivity index (χ1v) is 8.20. The van der Waals surface area contributed by atoms with Crippen LogP contribution in [0.25, 0.3) is 0 Å². The van der Waals surface area contributed by atoms with Crippen molar-refractivity contribution in [3.8, 4) is 0 Å². The van der Waals surface area contributed by atoms with Gasteiger partial charge in [0.25, 0.3) is 0 Å². The number of hydrogen-bond donors (Lipinski definition) is 1. The van der Waals surface area contributed by atoms with E-state index in [0.29, 0.717) is 12.2 Å². The Bertz CT molecular complexity index is 544. The maximum absolute atomic E-state index is 12.9. The van der Waals surface area contributed by atoms with E-state index < -0.39 is 0 Å². The molecular weight excluding hydrogens is 297 g/mol. The molecule has 0 radical (unpaired) electrons. The predicted molar refractivity (Wildman–Crippen MR) is 85.7 cm³/mol. The van der Waals surface area contributed by atoms with Crippen LogP contribution in [-0.4, -0.2) is 30.4 Å². The average molecular weight is 321 g/mol. The molecular formula is C18H24FNO3. The smallest absolute Gasteiger partial charge is 0.223 e. The SMILES string of the molecule is CC[C@@H]1C[C@@H](C(=O)N[C@@H](C)CC(=O)c2ccc(F)cc2)CCO1. The second-order valence-electron chi connectivity index (χ2n) is 6.17. The molecule has 0 unspecified atom stereocenters. The molecule has 1 aliphatic heterocycles. The Morgan fingerprint density at radius 1 is 1.35 bits per heavy atom. The number of ketones is 1. The van der Waals surface area contributed by atoms with Crippen molar-refractivity contribution >= 4 is 11.7 Å². The number of Topliss-reactive ketones (excluding diaryl/α,β-unsaturated/α-hetero) is 1. The van der Waals surface area contributed by atoms with Gasteiger partial charge in [-0.15, -0.1) is 0 Å². The van der Waals surface area contributed by atoms with Crippen LogP contribution in [0.5, 0.6) is 0 Å². The molecule has 0 bridgehead atoms. The molecule has 126 valence electrons. The van der Waals surface area contributed by atoms with Crippen LogP contribution in [0.15, 0.2) is 24.3 Å². The molecule has 0 spiro atoms. The average Bonchev–Trinajstić information content (AvgIpc) is 2.55. The van der Waals surface area contributed by atoms with E-state index >= 15 is 0 Å². The maximum Gasteiger partial charge on any atom is 0.223 e. The van der Waals surface area contributed by atoms with Crippen molar-refractivity contribution in [2.24, 2.45) is 5.92 Å². The van der Waals surface area contributed by atoms with Crippen LogP contribution in [0.3, 0.4) is 0 Å². The van der Waals surface area contributed by atoms with Gasteiger partial charge in [-0.25, -0.2) is 4.39 Å². The van der Waals surface area contributed by atoms with E-state index in [9.17, 15) is 14.0 Å². The molecule has 0 saturated carbocycles. The summed E-state index contributed by atoms with van der Waals surface area (Å²) in [7, 11) is 0. The number of ether oxygens (including phenoxy) is 1. The minimum atomic E-state index is -0.368. The van der Waals surface area contributed by atoms with Crippen LogP contribution in [-0.2, 0) is 9.53 Å². The van der Waals surface area contributed by atoms with Crippen LogP contribution >= 0.6 is 0 Å². The normalized spacial score (nSPS) is 22.4. The van der Waals surface area contributed by atoms with Crippen molar-refractivity contribution in [2.75, 3.05) is 6.61 Å². The fourth-order valence-electron chi connectivity index (χ4n) is 2.85. The minimum Gasteiger partial charge on any atom is -0.378 e. The van der Waals surface area contributed by atoms with Gasteiger partial charge in [0.05, 0.1) is 6.10 Å². The van der Waals surface area contributed by atoms with Crippen molar-refractivity contribution in [2.45, 2.75) is 51.7 Å². The van der Waals surface area contributed by atoms with Crippen LogP contribution in [0, 0.1) is 11.7 Å². The van der Waals surface area contributed by atoms with Crippen LogP contribution < -0.4 is 5.32 Å². The number of carbonyl (C=O) groups excluding carboxylic acids is 2. The first kappa shape index (κ1) is 17.6. The molecule has 1 aromatic carbocycles. The number of benzene rings is 1. The van der Waals surface area contributed by atoms with Crippen molar-refractivity contribution in [3.63, 3.8) is 0 Å². The molecule has 1 saturated heterocycles. The van der Waals surface area contributed by atoms with Crippen molar-refractivity contribution in [1.82, 2.24) is 5.32 Å². The number of halogens is 1. The summed E-state index contributed by atoms with van der Waals surface area (Å²) in [6, 6.07) is 5.22. The summed E-state index contributed by atoms with van der Waals surface area (Å²) in [4.78, 5) is 24.4. The van der Waals surface area contributed by atoms with Crippen molar-refractivity contribution in [3.05, 3.63) is 35.6 Å². The first-order valence-electron chi connectivity index (χ1n) is 8.20. The highest BCUT2D eigenvalue weighted by atomic mass is 19.1. The third kappa shape index (κ3) is 5.13. The molecule has 3 atom stereocenters. The van der Waals surface area contributed by atoms with Gasteiger partial charge in [-0.1, -0.05) is 6.92 Å². The van der Waals surface area contributed by atoms with Crippen molar-refractivity contribution in [1.29, 1.82) is 0 Å². The van der Waals surface area contributed by atoms with Crippen LogP contribution in [0.4, 0.5) is 4.39 Å². The highest BCUT2D eigenvalue weighted by Gasteiger charge is 2.27. The first-order chi connectivity index (χ1) is 11.0. The molecule has 0 aromatic heterocycles. The molecule has 0 aliphatic carbocycles. The Morgan fingerprint density at radius 3 is 2.70 bits per heavy atom. The predicted octanol–water partition coefficient (Wildman–Crippen LogP) is 3.11. The lowest BCUT2D eigenvalue weighted by Crippen LogP contribution is -2.41. The van der Waals surface area contributed by atoms with Gasteiger partial charge in [0.15, 0.2) is 5.78 Å². The third-order valence-electron chi connectivity index (χ3n) is 4.24.